The maximum Gasteiger partial charge on any atom is 0.410 e. The van der Waals surface area contributed by atoms with Gasteiger partial charge in [-0.2, -0.15) is 9.61 Å². The van der Waals surface area contributed by atoms with Gasteiger partial charge >= 0.3 is 6.09 Å². The molecule has 0 saturated carbocycles. The van der Waals surface area contributed by atoms with Crippen LogP contribution in [0.3, 0.4) is 0 Å². The van der Waals surface area contributed by atoms with Crippen LogP contribution in [-0.4, -0.2) is 91.1 Å². The average Bonchev–Trinajstić information content (AvgIpc) is 3.53. The molecule has 0 aromatic carbocycles. The minimum Gasteiger partial charge on any atom is -0.444 e. The number of aryl methyl sites for hydroxylation is 1. The van der Waals surface area contributed by atoms with Crippen molar-refractivity contribution in [2.24, 2.45) is 0 Å². The Labute approximate surface area is 299 Å². The van der Waals surface area contributed by atoms with E-state index in [1.54, 1.807) is 6.20 Å². The molecular formula is C36H57ClN6O4Si2. The highest BCUT2D eigenvalue weighted by Gasteiger charge is 2.45. The standard InChI is InChI=1S/C36H57ClN6O4Si2/c1-25-17-27(21-38-33(25)37)30-22-39-43-32(41(23-45-13-15-48(5,6)7)24-46-14-16-49(8,9)10)20-31(40-34(30)43)26-18-28-11-12-29(19-26)42(28)35(44)47-36(2,3)4/h17,20-22,26,28-29H,11-16,18-19,23-24H2,1-10H3/t26-,28-,29+. The molecular weight excluding hydrogens is 672 g/mol. The van der Waals surface area contributed by atoms with E-state index in [2.05, 4.69) is 55.2 Å². The first-order chi connectivity index (χ1) is 22.9. The molecule has 5 rings (SSSR count). The Kier molecular flexibility index (Phi) is 11.5. The van der Waals surface area contributed by atoms with E-state index >= 15 is 0 Å². The normalized spacial score (nSPS) is 19.9. The molecule has 2 saturated heterocycles. The van der Waals surface area contributed by atoms with Gasteiger partial charge in [-0.25, -0.2) is 14.8 Å². The van der Waals surface area contributed by atoms with Crippen LogP contribution >= 0.6 is 11.6 Å². The number of hydrogen-bond acceptors (Lipinski definition) is 8. The summed E-state index contributed by atoms with van der Waals surface area (Å²) < 4.78 is 20.4. The number of rotatable bonds is 13. The first kappa shape index (κ1) is 37.7. The topological polar surface area (TPSA) is 94.3 Å². The summed E-state index contributed by atoms with van der Waals surface area (Å²) >= 11 is 6.32. The van der Waals surface area contributed by atoms with Gasteiger partial charge in [-0.05, 0) is 77.1 Å². The highest BCUT2D eigenvalue weighted by atomic mass is 35.5. The first-order valence-electron chi connectivity index (χ1n) is 17.8. The molecule has 0 radical (unpaired) electrons. The fraction of sp³-hybridized carbons (Fsp3) is 0.667. The third kappa shape index (κ3) is 9.84. The summed E-state index contributed by atoms with van der Waals surface area (Å²) in [6.07, 6.45) is 7.08. The summed E-state index contributed by atoms with van der Waals surface area (Å²) in [6, 6.07) is 6.63. The number of nitrogens with zero attached hydrogens (tertiary/aromatic N) is 6. The average molecular weight is 730 g/mol. The van der Waals surface area contributed by atoms with Gasteiger partial charge in [0.25, 0.3) is 0 Å². The number of anilines is 1. The van der Waals surface area contributed by atoms with E-state index in [9.17, 15) is 4.79 Å². The lowest BCUT2D eigenvalue weighted by molar-refractivity contribution is 0.00569. The number of pyridine rings is 1. The van der Waals surface area contributed by atoms with Crippen LogP contribution in [0, 0.1) is 6.92 Å². The highest BCUT2D eigenvalue weighted by Crippen LogP contribution is 2.44. The summed E-state index contributed by atoms with van der Waals surface area (Å²) in [6.45, 7) is 24.1. The molecule has 0 spiro atoms. The van der Waals surface area contributed by atoms with Crippen molar-refractivity contribution < 1.29 is 19.0 Å². The first-order valence-corrected chi connectivity index (χ1v) is 25.6. The molecule has 1 amide bonds. The molecule has 270 valence electrons. The van der Waals surface area contributed by atoms with Gasteiger partial charge in [-0.15, -0.1) is 0 Å². The van der Waals surface area contributed by atoms with Crippen LogP contribution in [0.15, 0.2) is 24.5 Å². The number of ether oxygens (including phenoxy) is 3. The molecule has 0 N–H and O–H groups in total. The number of carbonyl (C=O) groups excluding carboxylic acids is 1. The van der Waals surface area contributed by atoms with Gasteiger partial charge in [-0.1, -0.05) is 50.9 Å². The number of hydrogen-bond donors (Lipinski definition) is 0. The van der Waals surface area contributed by atoms with Crippen molar-refractivity contribution in [3.8, 4) is 11.1 Å². The molecule has 49 heavy (non-hydrogen) atoms. The lowest BCUT2D eigenvalue weighted by Gasteiger charge is -2.39. The van der Waals surface area contributed by atoms with E-state index in [1.165, 1.54) is 0 Å². The highest BCUT2D eigenvalue weighted by molar-refractivity contribution is 6.76. The molecule has 5 heterocycles. The number of fused-ring (bicyclic) bond motifs is 3. The zero-order valence-corrected chi connectivity index (χ0v) is 34.1. The summed E-state index contributed by atoms with van der Waals surface area (Å²) in [4.78, 5) is 27.2. The van der Waals surface area contributed by atoms with Crippen molar-refractivity contribution in [2.45, 2.75) is 128 Å². The van der Waals surface area contributed by atoms with E-state index in [0.29, 0.717) is 31.8 Å². The van der Waals surface area contributed by atoms with Crippen LogP contribution in [0.2, 0.25) is 56.5 Å². The fourth-order valence-electron chi connectivity index (χ4n) is 6.62. The van der Waals surface area contributed by atoms with Gasteiger partial charge in [0.2, 0.25) is 0 Å². The largest absolute Gasteiger partial charge is 0.444 e. The predicted octanol–water partition coefficient (Wildman–Crippen LogP) is 8.83. The minimum atomic E-state index is -1.26. The Morgan fingerprint density at radius 3 is 2.08 bits per heavy atom. The SMILES string of the molecule is Cc1cc(-c2cnn3c(N(COCC[Si](C)(C)C)COCC[Si](C)(C)C)cc([C@@H]4C[C@H]5CC[C@@H](C4)N5C(=O)OC(C)(C)C)nc23)cnc1Cl. The molecule has 2 fully saturated rings. The monoisotopic (exact) mass is 728 g/mol. The van der Waals surface area contributed by atoms with Gasteiger partial charge in [0.05, 0.1) is 6.20 Å². The Balaban J connectivity index is 1.52. The number of carbonyl (C=O) groups is 1. The lowest BCUT2D eigenvalue weighted by atomic mass is 9.88. The third-order valence-electron chi connectivity index (χ3n) is 9.36. The Hall–Kier alpha value is -2.52. The predicted molar refractivity (Wildman–Crippen MR) is 203 cm³/mol. The Morgan fingerprint density at radius 1 is 0.959 bits per heavy atom. The van der Waals surface area contributed by atoms with Crippen molar-refractivity contribution in [3.05, 3.63) is 40.9 Å². The number of piperidine rings is 1. The summed E-state index contributed by atoms with van der Waals surface area (Å²) in [5.74, 6) is 1.06. The molecule has 3 aromatic rings. The molecule has 2 bridgehead atoms. The second-order valence-electron chi connectivity index (χ2n) is 17.3. The van der Waals surface area contributed by atoms with Crippen molar-refractivity contribution in [2.75, 3.05) is 31.6 Å². The Bertz CT molecular complexity index is 1580. The van der Waals surface area contributed by atoms with E-state index < -0.39 is 21.7 Å². The fourth-order valence-corrected chi connectivity index (χ4v) is 8.23. The van der Waals surface area contributed by atoms with Crippen LogP contribution < -0.4 is 4.90 Å². The van der Waals surface area contributed by atoms with Crippen molar-refractivity contribution in [1.82, 2.24) is 24.5 Å². The van der Waals surface area contributed by atoms with Gasteiger partial charge < -0.3 is 24.0 Å². The maximum absolute atomic E-state index is 13.3. The van der Waals surface area contributed by atoms with Gasteiger partial charge in [-0.3, -0.25) is 0 Å². The van der Waals surface area contributed by atoms with Crippen LogP contribution in [0.1, 0.15) is 63.6 Å². The van der Waals surface area contributed by atoms with Crippen LogP contribution in [0.25, 0.3) is 16.8 Å². The van der Waals surface area contributed by atoms with Crippen molar-refractivity contribution >= 4 is 45.3 Å². The minimum absolute atomic E-state index is 0.124. The Morgan fingerprint density at radius 2 is 1.55 bits per heavy atom. The zero-order chi connectivity index (χ0) is 35.7. The molecule has 2 aliphatic heterocycles. The molecule has 13 heteroatoms. The van der Waals surface area contributed by atoms with Gasteiger partial charge in [0.1, 0.15) is 30.0 Å². The molecule has 3 aromatic heterocycles. The van der Waals surface area contributed by atoms with Crippen molar-refractivity contribution in [1.29, 1.82) is 0 Å². The van der Waals surface area contributed by atoms with Crippen LogP contribution in [0.4, 0.5) is 10.6 Å². The molecule has 10 nitrogen and oxygen atoms in total. The quantitative estimate of drug-likeness (QED) is 0.0746. The number of aromatic nitrogens is 4. The van der Waals surface area contributed by atoms with E-state index in [1.807, 2.05) is 49.4 Å². The zero-order valence-electron chi connectivity index (χ0n) is 31.3. The van der Waals surface area contributed by atoms with E-state index in [-0.39, 0.29) is 24.1 Å². The van der Waals surface area contributed by atoms with Gasteiger partial charge in [0.15, 0.2) is 5.65 Å². The van der Waals surface area contributed by atoms with E-state index in [0.717, 1.165) is 71.6 Å². The third-order valence-corrected chi connectivity index (χ3v) is 13.2. The molecule has 2 aliphatic rings. The van der Waals surface area contributed by atoms with Crippen LogP contribution in [0.5, 0.6) is 0 Å². The maximum atomic E-state index is 13.3. The van der Waals surface area contributed by atoms with Crippen LogP contribution in [-0.2, 0) is 14.2 Å². The van der Waals surface area contributed by atoms with Gasteiger partial charge in [0, 0.05) is 76.4 Å². The number of amides is 1. The van der Waals surface area contributed by atoms with Crippen molar-refractivity contribution in [3.63, 3.8) is 0 Å². The van der Waals surface area contributed by atoms with E-state index in [4.69, 9.17) is 35.9 Å². The smallest absolute Gasteiger partial charge is 0.410 e. The summed E-state index contributed by atoms with van der Waals surface area (Å²) in [5.41, 5.74) is 3.93. The summed E-state index contributed by atoms with van der Waals surface area (Å²) in [7, 11) is -2.53. The number of halogens is 1. The second kappa shape index (κ2) is 15.0. The molecule has 0 aliphatic carbocycles. The second-order valence-corrected chi connectivity index (χ2v) is 28.9. The lowest BCUT2D eigenvalue weighted by Crippen LogP contribution is -2.48. The molecule has 3 atom stereocenters. The molecule has 0 unspecified atom stereocenters. The summed E-state index contributed by atoms with van der Waals surface area (Å²) in [5, 5.41) is 5.37.